The summed E-state index contributed by atoms with van der Waals surface area (Å²) in [6.07, 6.45) is 0. The molecule has 0 aliphatic heterocycles. The first-order valence-electron chi connectivity index (χ1n) is 11.4. The molecule has 4 heteroatoms. The van der Waals surface area contributed by atoms with Gasteiger partial charge in [0.2, 0.25) is 0 Å². The molecule has 0 atom stereocenters. The average molecular weight is 443 g/mol. The first-order valence-corrected chi connectivity index (χ1v) is 11.4. The van der Waals surface area contributed by atoms with E-state index in [2.05, 4.69) is 71.3 Å². The smallest absolute Gasteiger partial charge is 0.0974 e. The van der Waals surface area contributed by atoms with Crippen molar-refractivity contribution in [3.63, 3.8) is 0 Å². The van der Waals surface area contributed by atoms with Crippen molar-refractivity contribution in [2.24, 2.45) is 0 Å². The van der Waals surface area contributed by atoms with Gasteiger partial charge in [0.25, 0.3) is 0 Å². The number of hydrogen-bond donors (Lipinski definition) is 2. The standard InChI is InChI=1S/C30H26N4/c1-31-25-17-9-15-23(19-25)29-27(21-11-5-3-6-12-21)34-30(24-16-10-18-26(20-24)32-2)28(33-29)22-13-7-4-8-14-22/h3-20,31-32H,1-2H3. The lowest BCUT2D eigenvalue weighted by Crippen LogP contribution is -2.01. The van der Waals surface area contributed by atoms with E-state index in [0.29, 0.717) is 0 Å². The molecular formula is C30H26N4. The molecular weight excluding hydrogens is 416 g/mol. The zero-order valence-electron chi connectivity index (χ0n) is 19.3. The van der Waals surface area contributed by atoms with Gasteiger partial charge in [-0.2, -0.15) is 0 Å². The van der Waals surface area contributed by atoms with Gasteiger partial charge in [-0.15, -0.1) is 0 Å². The minimum atomic E-state index is 0.857. The molecule has 0 saturated carbocycles. The molecule has 0 spiro atoms. The van der Waals surface area contributed by atoms with Crippen LogP contribution < -0.4 is 10.6 Å². The highest BCUT2D eigenvalue weighted by atomic mass is 14.9. The van der Waals surface area contributed by atoms with Gasteiger partial charge in [0.1, 0.15) is 0 Å². The molecule has 0 radical (unpaired) electrons. The number of nitrogens with zero attached hydrogens (tertiary/aromatic N) is 2. The molecule has 0 fully saturated rings. The largest absolute Gasteiger partial charge is 0.388 e. The van der Waals surface area contributed by atoms with E-state index in [4.69, 9.17) is 9.97 Å². The van der Waals surface area contributed by atoms with Gasteiger partial charge in [0, 0.05) is 47.7 Å². The van der Waals surface area contributed by atoms with Crippen LogP contribution in [0.5, 0.6) is 0 Å². The fourth-order valence-corrected chi connectivity index (χ4v) is 4.08. The Morgan fingerprint density at radius 3 is 1.15 bits per heavy atom. The van der Waals surface area contributed by atoms with Crippen molar-refractivity contribution in [3.05, 3.63) is 109 Å². The SMILES string of the molecule is CNc1cccc(-c2nc(-c3ccccc3)c(-c3cccc(NC)c3)nc2-c2ccccc2)c1. The molecule has 0 aliphatic carbocycles. The normalized spacial score (nSPS) is 10.6. The number of nitrogens with one attached hydrogen (secondary N) is 2. The van der Waals surface area contributed by atoms with E-state index in [1.807, 2.05) is 62.6 Å². The maximum absolute atomic E-state index is 5.29. The molecule has 0 saturated heterocycles. The minimum Gasteiger partial charge on any atom is -0.388 e. The van der Waals surface area contributed by atoms with Crippen LogP contribution in [-0.2, 0) is 0 Å². The molecule has 4 aromatic carbocycles. The van der Waals surface area contributed by atoms with Crippen LogP contribution in [0.15, 0.2) is 109 Å². The Morgan fingerprint density at radius 1 is 0.412 bits per heavy atom. The minimum absolute atomic E-state index is 0.857. The van der Waals surface area contributed by atoms with Crippen LogP contribution in [0.4, 0.5) is 11.4 Å². The van der Waals surface area contributed by atoms with Crippen LogP contribution >= 0.6 is 0 Å². The molecule has 1 heterocycles. The molecule has 0 unspecified atom stereocenters. The van der Waals surface area contributed by atoms with Gasteiger partial charge in [-0.05, 0) is 24.3 Å². The van der Waals surface area contributed by atoms with E-state index >= 15 is 0 Å². The summed E-state index contributed by atoms with van der Waals surface area (Å²) in [5.41, 5.74) is 9.60. The van der Waals surface area contributed by atoms with Crippen molar-refractivity contribution in [1.29, 1.82) is 0 Å². The van der Waals surface area contributed by atoms with E-state index in [0.717, 1.165) is 56.4 Å². The van der Waals surface area contributed by atoms with Gasteiger partial charge >= 0.3 is 0 Å². The number of aromatic nitrogens is 2. The monoisotopic (exact) mass is 442 g/mol. The summed E-state index contributed by atoms with van der Waals surface area (Å²) < 4.78 is 0. The Morgan fingerprint density at radius 2 is 0.765 bits per heavy atom. The lowest BCUT2D eigenvalue weighted by Gasteiger charge is -2.17. The fraction of sp³-hybridized carbons (Fsp3) is 0.0667. The van der Waals surface area contributed by atoms with Crippen molar-refractivity contribution in [2.75, 3.05) is 24.7 Å². The third-order valence-corrected chi connectivity index (χ3v) is 5.84. The summed E-state index contributed by atoms with van der Waals surface area (Å²) in [7, 11) is 3.85. The van der Waals surface area contributed by atoms with E-state index in [1.165, 1.54) is 0 Å². The van der Waals surface area contributed by atoms with Crippen LogP contribution in [0.3, 0.4) is 0 Å². The quantitative estimate of drug-likeness (QED) is 0.291. The zero-order valence-corrected chi connectivity index (χ0v) is 19.3. The number of rotatable bonds is 6. The van der Waals surface area contributed by atoms with Crippen molar-refractivity contribution in [3.8, 4) is 45.0 Å². The maximum Gasteiger partial charge on any atom is 0.0974 e. The molecule has 1 aromatic heterocycles. The van der Waals surface area contributed by atoms with Crippen molar-refractivity contribution in [2.45, 2.75) is 0 Å². The molecule has 5 aromatic rings. The van der Waals surface area contributed by atoms with Gasteiger partial charge in [0.15, 0.2) is 0 Å². The number of hydrogen-bond acceptors (Lipinski definition) is 4. The van der Waals surface area contributed by atoms with E-state index in [9.17, 15) is 0 Å². The maximum atomic E-state index is 5.29. The highest BCUT2D eigenvalue weighted by molar-refractivity contribution is 5.87. The van der Waals surface area contributed by atoms with Crippen molar-refractivity contribution in [1.82, 2.24) is 9.97 Å². The molecule has 0 amide bonds. The number of benzene rings is 4. The summed E-state index contributed by atoms with van der Waals surface area (Å²) in [4.78, 5) is 10.6. The lowest BCUT2D eigenvalue weighted by atomic mass is 9.99. The van der Waals surface area contributed by atoms with Crippen LogP contribution in [0, 0.1) is 0 Å². The molecule has 0 aliphatic rings. The van der Waals surface area contributed by atoms with Crippen LogP contribution in [0.1, 0.15) is 0 Å². The predicted octanol–water partition coefficient (Wildman–Crippen LogP) is 7.23. The summed E-state index contributed by atoms with van der Waals surface area (Å²) in [5, 5.41) is 6.47. The van der Waals surface area contributed by atoms with Crippen LogP contribution in [0.2, 0.25) is 0 Å². The predicted molar refractivity (Wildman–Crippen MR) is 143 cm³/mol. The van der Waals surface area contributed by atoms with Crippen molar-refractivity contribution < 1.29 is 0 Å². The number of anilines is 2. The van der Waals surface area contributed by atoms with E-state index in [1.54, 1.807) is 0 Å². The average Bonchev–Trinajstić information content (AvgIpc) is 2.93. The third kappa shape index (κ3) is 4.26. The van der Waals surface area contributed by atoms with Crippen LogP contribution in [-0.4, -0.2) is 24.1 Å². The lowest BCUT2D eigenvalue weighted by molar-refractivity contribution is 1.21. The van der Waals surface area contributed by atoms with Gasteiger partial charge in [-0.25, -0.2) is 9.97 Å². The topological polar surface area (TPSA) is 49.8 Å². The third-order valence-electron chi connectivity index (χ3n) is 5.84. The summed E-state index contributed by atoms with van der Waals surface area (Å²) >= 11 is 0. The molecule has 34 heavy (non-hydrogen) atoms. The van der Waals surface area contributed by atoms with Gasteiger partial charge < -0.3 is 10.6 Å². The molecule has 2 N–H and O–H groups in total. The molecule has 5 rings (SSSR count). The Bertz CT molecular complexity index is 1300. The van der Waals surface area contributed by atoms with Crippen LogP contribution in [0.25, 0.3) is 45.0 Å². The Hall–Kier alpha value is -4.44. The fourth-order valence-electron chi connectivity index (χ4n) is 4.08. The van der Waals surface area contributed by atoms with Gasteiger partial charge in [-0.3, -0.25) is 0 Å². The first kappa shape index (κ1) is 21.4. The van der Waals surface area contributed by atoms with Gasteiger partial charge in [0.05, 0.1) is 22.8 Å². The summed E-state index contributed by atoms with van der Waals surface area (Å²) in [6.45, 7) is 0. The Labute approximate surface area is 200 Å². The van der Waals surface area contributed by atoms with E-state index < -0.39 is 0 Å². The highest BCUT2D eigenvalue weighted by Gasteiger charge is 2.19. The van der Waals surface area contributed by atoms with E-state index in [-0.39, 0.29) is 0 Å². The zero-order chi connectivity index (χ0) is 23.3. The second-order valence-electron chi connectivity index (χ2n) is 8.01. The Kier molecular flexibility index (Phi) is 6.04. The molecule has 166 valence electrons. The Balaban J connectivity index is 1.84. The summed E-state index contributed by atoms with van der Waals surface area (Å²) in [5.74, 6) is 0. The second-order valence-corrected chi connectivity index (χ2v) is 8.01. The molecule has 0 bridgehead atoms. The first-order chi connectivity index (χ1) is 16.8. The van der Waals surface area contributed by atoms with Gasteiger partial charge in [-0.1, -0.05) is 84.9 Å². The highest BCUT2D eigenvalue weighted by Crippen LogP contribution is 2.38. The second kappa shape index (κ2) is 9.59. The molecule has 4 nitrogen and oxygen atoms in total. The van der Waals surface area contributed by atoms with Crippen molar-refractivity contribution >= 4 is 11.4 Å². The summed E-state index contributed by atoms with van der Waals surface area (Å²) in [6, 6.07) is 37.2.